The zero-order valence-electron chi connectivity index (χ0n) is 11.6. The highest BCUT2D eigenvalue weighted by Crippen LogP contribution is 2.38. The molecule has 0 aromatic heterocycles. The summed E-state index contributed by atoms with van der Waals surface area (Å²) >= 11 is 0. The fourth-order valence-corrected chi connectivity index (χ4v) is 3.15. The van der Waals surface area contributed by atoms with E-state index in [-0.39, 0.29) is 0 Å². The third kappa shape index (κ3) is 1.77. The van der Waals surface area contributed by atoms with E-state index >= 15 is 0 Å². The van der Waals surface area contributed by atoms with Crippen LogP contribution in [0.25, 0.3) is 22.3 Å². The third-order valence-electron chi connectivity index (χ3n) is 4.15. The van der Waals surface area contributed by atoms with Crippen LogP contribution >= 0.6 is 0 Å². The monoisotopic (exact) mass is 256 g/mol. The van der Waals surface area contributed by atoms with Crippen molar-refractivity contribution in [3.63, 3.8) is 0 Å². The Kier molecular flexibility index (Phi) is 2.50. The summed E-state index contributed by atoms with van der Waals surface area (Å²) in [6.07, 6.45) is 1.06. The SMILES string of the molecule is Cc1cccc(-c2ccc3c(c2)Cc2ccccc2-3)c1. The normalized spacial score (nSPS) is 12.1. The van der Waals surface area contributed by atoms with Crippen LogP contribution in [0.4, 0.5) is 0 Å². The lowest BCUT2D eigenvalue weighted by molar-refractivity contribution is 1.26. The maximum absolute atomic E-state index is 2.35. The first kappa shape index (κ1) is 11.5. The molecule has 0 saturated carbocycles. The lowest BCUT2D eigenvalue weighted by atomic mass is 9.98. The van der Waals surface area contributed by atoms with E-state index < -0.39 is 0 Å². The fraction of sp³-hybridized carbons (Fsp3) is 0.100. The van der Waals surface area contributed by atoms with Gasteiger partial charge < -0.3 is 0 Å². The standard InChI is InChI=1S/C20H16/c1-14-5-4-7-15(11-14)16-9-10-20-18(12-16)13-17-6-2-3-8-19(17)20/h2-12H,13H2,1H3. The molecule has 0 radical (unpaired) electrons. The summed E-state index contributed by atoms with van der Waals surface area (Å²) < 4.78 is 0. The minimum Gasteiger partial charge on any atom is -0.0619 e. The largest absolute Gasteiger partial charge is 0.0619 e. The van der Waals surface area contributed by atoms with E-state index in [1.54, 1.807) is 0 Å². The average Bonchev–Trinajstić information content (AvgIpc) is 2.85. The van der Waals surface area contributed by atoms with E-state index in [1.165, 1.54) is 38.9 Å². The Hall–Kier alpha value is -2.34. The molecule has 0 saturated heterocycles. The molecule has 96 valence electrons. The topological polar surface area (TPSA) is 0 Å². The Balaban J connectivity index is 1.83. The highest BCUT2D eigenvalue weighted by atomic mass is 14.2. The van der Waals surface area contributed by atoms with Gasteiger partial charge in [0.25, 0.3) is 0 Å². The highest BCUT2D eigenvalue weighted by molar-refractivity contribution is 5.80. The van der Waals surface area contributed by atoms with E-state index in [4.69, 9.17) is 0 Å². The minimum atomic E-state index is 1.06. The molecule has 0 fully saturated rings. The van der Waals surface area contributed by atoms with Gasteiger partial charge in [0.2, 0.25) is 0 Å². The molecule has 0 bridgehead atoms. The molecule has 4 rings (SSSR count). The van der Waals surface area contributed by atoms with Crippen molar-refractivity contribution >= 4 is 0 Å². The molecule has 20 heavy (non-hydrogen) atoms. The van der Waals surface area contributed by atoms with Crippen LogP contribution in [0.3, 0.4) is 0 Å². The summed E-state index contributed by atoms with van der Waals surface area (Å²) in [5.41, 5.74) is 9.64. The van der Waals surface area contributed by atoms with E-state index in [9.17, 15) is 0 Å². The molecule has 1 aliphatic carbocycles. The first-order valence-corrected chi connectivity index (χ1v) is 7.09. The van der Waals surface area contributed by atoms with Gasteiger partial charge >= 0.3 is 0 Å². The summed E-state index contributed by atoms with van der Waals surface area (Å²) in [4.78, 5) is 0. The Morgan fingerprint density at radius 3 is 2.35 bits per heavy atom. The number of fused-ring (bicyclic) bond motifs is 3. The summed E-state index contributed by atoms with van der Waals surface area (Å²) in [6.45, 7) is 2.15. The second-order valence-corrected chi connectivity index (χ2v) is 5.58. The number of rotatable bonds is 1. The maximum atomic E-state index is 2.35. The summed E-state index contributed by atoms with van der Waals surface area (Å²) in [7, 11) is 0. The lowest BCUT2D eigenvalue weighted by Gasteiger charge is -2.06. The third-order valence-corrected chi connectivity index (χ3v) is 4.15. The first-order chi connectivity index (χ1) is 9.81. The molecule has 0 unspecified atom stereocenters. The summed E-state index contributed by atoms with van der Waals surface area (Å²) in [5.74, 6) is 0. The van der Waals surface area contributed by atoms with E-state index in [0.717, 1.165) is 6.42 Å². The van der Waals surface area contributed by atoms with Gasteiger partial charge in [0, 0.05) is 0 Å². The molecule has 0 atom stereocenters. The number of benzene rings is 3. The van der Waals surface area contributed by atoms with Gasteiger partial charge in [-0.05, 0) is 46.7 Å². The molecular formula is C20H16. The Morgan fingerprint density at radius 1 is 0.650 bits per heavy atom. The van der Waals surface area contributed by atoms with Gasteiger partial charge in [-0.3, -0.25) is 0 Å². The van der Waals surface area contributed by atoms with Crippen molar-refractivity contribution in [2.75, 3.05) is 0 Å². The second-order valence-electron chi connectivity index (χ2n) is 5.58. The van der Waals surface area contributed by atoms with Crippen molar-refractivity contribution in [1.82, 2.24) is 0 Å². The van der Waals surface area contributed by atoms with Crippen LogP contribution in [0, 0.1) is 6.92 Å². The molecule has 0 amide bonds. The van der Waals surface area contributed by atoms with Gasteiger partial charge in [0.15, 0.2) is 0 Å². The van der Waals surface area contributed by atoms with Crippen LogP contribution < -0.4 is 0 Å². The first-order valence-electron chi connectivity index (χ1n) is 7.09. The van der Waals surface area contributed by atoms with Gasteiger partial charge in [-0.2, -0.15) is 0 Å². The molecule has 0 heteroatoms. The van der Waals surface area contributed by atoms with Crippen LogP contribution in [0.1, 0.15) is 16.7 Å². The van der Waals surface area contributed by atoms with E-state index in [0.29, 0.717) is 0 Å². The average molecular weight is 256 g/mol. The van der Waals surface area contributed by atoms with Crippen molar-refractivity contribution in [3.8, 4) is 22.3 Å². The zero-order valence-corrected chi connectivity index (χ0v) is 11.6. The number of hydrogen-bond acceptors (Lipinski definition) is 0. The van der Waals surface area contributed by atoms with Gasteiger partial charge in [-0.15, -0.1) is 0 Å². The Labute approximate surface area is 119 Å². The molecule has 1 aliphatic rings. The van der Waals surface area contributed by atoms with Crippen LogP contribution in [0.2, 0.25) is 0 Å². The van der Waals surface area contributed by atoms with Crippen molar-refractivity contribution in [2.24, 2.45) is 0 Å². The van der Waals surface area contributed by atoms with Crippen LogP contribution in [0.5, 0.6) is 0 Å². The lowest BCUT2D eigenvalue weighted by Crippen LogP contribution is -1.84. The summed E-state index contributed by atoms with van der Waals surface area (Å²) in [5, 5.41) is 0. The van der Waals surface area contributed by atoms with Gasteiger partial charge in [-0.1, -0.05) is 72.3 Å². The highest BCUT2D eigenvalue weighted by Gasteiger charge is 2.17. The smallest absolute Gasteiger partial charge is 0.00132 e. The van der Waals surface area contributed by atoms with Gasteiger partial charge in [0.05, 0.1) is 0 Å². The molecule has 0 spiro atoms. The van der Waals surface area contributed by atoms with E-state index in [2.05, 4.69) is 73.7 Å². The molecular weight excluding hydrogens is 240 g/mol. The fourth-order valence-electron chi connectivity index (χ4n) is 3.15. The van der Waals surface area contributed by atoms with Crippen molar-refractivity contribution in [3.05, 3.63) is 83.4 Å². The van der Waals surface area contributed by atoms with Crippen LogP contribution in [-0.4, -0.2) is 0 Å². The van der Waals surface area contributed by atoms with Gasteiger partial charge in [-0.25, -0.2) is 0 Å². The Bertz CT molecular complexity index is 797. The van der Waals surface area contributed by atoms with Crippen LogP contribution in [0.15, 0.2) is 66.7 Å². The predicted molar refractivity (Wildman–Crippen MR) is 84.9 cm³/mol. The minimum absolute atomic E-state index is 1.06. The molecule has 3 aromatic rings. The molecule has 0 N–H and O–H groups in total. The maximum Gasteiger partial charge on any atom is -0.00132 e. The zero-order chi connectivity index (χ0) is 13.5. The number of aryl methyl sites for hydroxylation is 1. The van der Waals surface area contributed by atoms with Crippen molar-refractivity contribution < 1.29 is 0 Å². The van der Waals surface area contributed by atoms with E-state index in [1.807, 2.05) is 0 Å². The van der Waals surface area contributed by atoms with Crippen molar-refractivity contribution in [1.29, 1.82) is 0 Å². The molecule has 0 heterocycles. The quantitative estimate of drug-likeness (QED) is 0.437. The van der Waals surface area contributed by atoms with Crippen molar-refractivity contribution in [2.45, 2.75) is 13.3 Å². The predicted octanol–water partition coefficient (Wildman–Crippen LogP) is 5.23. The molecule has 0 nitrogen and oxygen atoms in total. The van der Waals surface area contributed by atoms with Gasteiger partial charge in [0.1, 0.15) is 0 Å². The van der Waals surface area contributed by atoms with Crippen LogP contribution in [-0.2, 0) is 6.42 Å². The summed E-state index contributed by atoms with van der Waals surface area (Å²) in [6, 6.07) is 24.3. The second kappa shape index (κ2) is 4.35. The molecule has 3 aromatic carbocycles. The number of hydrogen-bond donors (Lipinski definition) is 0. The Morgan fingerprint density at radius 2 is 1.45 bits per heavy atom. The molecule has 0 aliphatic heterocycles.